The summed E-state index contributed by atoms with van der Waals surface area (Å²) >= 11 is 6.00. The van der Waals surface area contributed by atoms with Crippen LogP contribution in [-0.4, -0.2) is 18.3 Å². The van der Waals surface area contributed by atoms with Crippen molar-refractivity contribution in [2.75, 3.05) is 7.11 Å². The minimum absolute atomic E-state index is 0.311. The quantitative estimate of drug-likeness (QED) is 0.891. The Hall–Kier alpha value is -0.770. The number of ether oxygens (including phenoxy) is 1. The molecule has 106 valence electrons. The van der Waals surface area contributed by atoms with E-state index in [2.05, 4.69) is 0 Å². The second kappa shape index (κ2) is 6.60. The average molecular weight is 284 g/mol. The fraction of sp³-hybridized carbons (Fsp3) is 0.600. The van der Waals surface area contributed by atoms with Gasteiger partial charge in [-0.3, -0.25) is 0 Å². The summed E-state index contributed by atoms with van der Waals surface area (Å²) in [6.45, 7) is 0. The molecule has 1 aromatic rings. The largest absolute Gasteiger partial charge is 0.495 e. The number of aliphatic hydroxyl groups excluding tert-OH is 1. The first-order valence-electron chi connectivity index (χ1n) is 6.90. The van der Waals surface area contributed by atoms with Crippen LogP contribution in [0.3, 0.4) is 0 Å². The van der Waals surface area contributed by atoms with Gasteiger partial charge in [0, 0.05) is 0 Å². The number of aliphatic hydroxyl groups is 1. The van der Waals surface area contributed by atoms with Gasteiger partial charge in [-0.05, 0) is 36.5 Å². The molecule has 2 rings (SSSR count). The SMILES string of the molecule is COc1cc([C@@H](N)[C@@H](O)C2CCCCC2)ccc1Cl. The Balaban J connectivity index is 2.11. The first-order valence-corrected chi connectivity index (χ1v) is 7.28. The number of rotatable bonds is 4. The Morgan fingerprint density at radius 1 is 1.32 bits per heavy atom. The summed E-state index contributed by atoms with van der Waals surface area (Å²) in [5, 5.41) is 11.0. The molecule has 0 aliphatic heterocycles. The summed E-state index contributed by atoms with van der Waals surface area (Å²) in [5.74, 6) is 0.913. The molecular weight excluding hydrogens is 262 g/mol. The topological polar surface area (TPSA) is 55.5 Å². The van der Waals surface area contributed by atoms with Crippen LogP contribution in [0.15, 0.2) is 18.2 Å². The van der Waals surface area contributed by atoms with Gasteiger partial charge in [-0.25, -0.2) is 0 Å². The van der Waals surface area contributed by atoms with E-state index in [9.17, 15) is 5.11 Å². The Bertz CT molecular complexity index is 419. The molecule has 1 fully saturated rings. The number of nitrogens with two attached hydrogens (primary N) is 1. The number of hydrogen-bond donors (Lipinski definition) is 2. The molecule has 1 aromatic carbocycles. The maximum absolute atomic E-state index is 10.4. The highest BCUT2D eigenvalue weighted by atomic mass is 35.5. The van der Waals surface area contributed by atoms with Crippen LogP contribution in [0.4, 0.5) is 0 Å². The third-order valence-corrected chi connectivity index (χ3v) is 4.37. The van der Waals surface area contributed by atoms with E-state index in [4.69, 9.17) is 22.1 Å². The van der Waals surface area contributed by atoms with Crippen molar-refractivity contribution in [3.05, 3.63) is 28.8 Å². The number of hydrogen-bond acceptors (Lipinski definition) is 3. The maximum Gasteiger partial charge on any atom is 0.137 e. The van der Waals surface area contributed by atoms with Crippen molar-refractivity contribution in [1.82, 2.24) is 0 Å². The molecule has 3 nitrogen and oxygen atoms in total. The molecule has 0 amide bonds. The van der Waals surface area contributed by atoms with Crippen molar-refractivity contribution < 1.29 is 9.84 Å². The van der Waals surface area contributed by atoms with Crippen LogP contribution in [0.5, 0.6) is 5.75 Å². The Morgan fingerprint density at radius 2 is 2.00 bits per heavy atom. The monoisotopic (exact) mass is 283 g/mol. The van der Waals surface area contributed by atoms with E-state index < -0.39 is 6.10 Å². The van der Waals surface area contributed by atoms with Gasteiger partial charge in [0.05, 0.1) is 24.3 Å². The van der Waals surface area contributed by atoms with Gasteiger partial charge in [0.15, 0.2) is 0 Å². The van der Waals surface area contributed by atoms with Crippen LogP contribution in [0.2, 0.25) is 5.02 Å². The van der Waals surface area contributed by atoms with Crippen molar-refractivity contribution in [2.24, 2.45) is 11.7 Å². The van der Waals surface area contributed by atoms with E-state index in [-0.39, 0.29) is 6.04 Å². The molecule has 4 heteroatoms. The lowest BCUT2D eigenvalue weighted by molar-refractivity contribution is 0.0617. The molecule has 0 saturated heterocycles. The lowest BCUT2D eigenvalue weighted by Gasteiger charge is -2.30. The van der Waals surface area contributed by atoms with E-state index >= 15 is 0 Å². The number of benzene rings is 1. The predicted molar refractivity (Wildman–Crippen MR) is 77.5 cm³/mol. The molecule has 0 heterocycles. The van der Waals surface area contributed by atoms with Crippen LogP contribution < -0.4 is 10.5 Å². The van der Waals surface area contributed by atoms with Crippen LogP contribution in [0.1, 0.15) is 43.7 Å². The second-order valence-corrected chi connectivity index (χ2v) is 5.72. The summed E-state index contributed by atoms with van der Waals surface area (Å²) in [5.41, 5.74) is 7.07. The minimum atomic E-state index is -0.494. The third-order valence-electron chi connectivity index (χ3n) is 4.06. The molecule has 0 bridgehead atoms. The maximum atomic E-state index is 10.4. The first-order chi connectivity index (χ1) is 9.13. The van der Waals surface area contributed by atoms with E-state index in [1.807, 2.05) is 12.1 Å². The zero-order valence-corrected chi connectivity index (χ0v) is 12.1. The molecule has 0 spiro atoms. The molecule has 0 aromatic heterocycles. The molecule has 3 N–H and O–H groups in total. The summed E-state index contributed by atoms with van der Waals surface area (Å²) in [7, 11) is 1.58. The number of halogens is 1. The van der Waals surface area contributed by atoms with Gasteiger partial charge < -0.3 is 15.6 Å². The van der Waals surface area contributed by atoms with Gasteiger partial charge in [0.1, 0.15) is 5.75 Å². The number of methoxy groups -OCH3 is 1. The highest BCUT2D eigenvalue weighted by Gasteiger charge is 2.27. The average Bonchev–Trinajstić information content (AvgIpc) is 2.47. The fourth-order valence-corrected chi connectivity index (χ4v) is 3.04. The van der Waals surface area contributed by atoms with Crippen molar-refractivity contribution >= 4 is 11.6 Å². The van der Waals surface area contributed by atoms with Gasteiger partial charge in [0.25, 0.3) is 0 Å². The van der Waals surface area contributed by atoms with Gasteiger partial charge in [-0.15, -0.1) is 0 Å². The van der Waals surface area contributed by atoms with E-state index in [0.717, 1.165) is 18.4 Å². The van der Waals surface area contributed by atoms with Crippen molar-refractivity contribution in [3.63, 3.8) is 0 Å². The van der Waals surface area contributed by atoms with Gasteiger partial charge in [0.2, 0.25) is 0 Å². The van der Waals surface area contributed by atoms with E-state index in [0.29, 0.717) is 16.7 Å². The zero-order valence-electron chi connectivity index (χ0n) is 11.3. The molecule has 0 radical (unpaired) electrons. The predicted octanol–water partition coefficient (Wildman–Crippen LogP) is 3.29. The van der Waals surface area contributed by atoms with Crippen LogP contribution in [0.25, 0.3) is 0 Å². The summed E-state index contributed by atoms with van der Waals surface area (Å²) in [6, 6.07) is 5.07. The van der Waals surface area contributed by atoms with E-state index in [1.54, 1.807) is 13.2 Å². The second-order valence-electron chi connectivity index (χ2n) is 5.31. The highest BCUT2D eigenvalue weighted by Crippen LogP contribution is 2.33. The van der Waals surface area contributed by atoms with Crippen molar-refractivity contribution in [2.45, 2.75) is 44.2 Å². The smallest absolute Gasteiger partial charge is 0.137 e. The van der Waals surface area contributed by atoms with Crippen LogP contribution in [-0.2, 0) is 0 Å². The fourth-order valence-electron chi connectivity index (χ4n) is 2.85. The van der Waals surface area contributed by atoms with Crippen LogP contribution >= 0.6 is 11.6 Å². The van der Waals surface area contributed by atoms with Crippen LogP contribution in [0, 0.1) is 5.92 Å². The molecule has 0 unspecified atom stereocenters. The Morgan fingerprint density at radius 3 is 2.63 bits per heavy atom. The first kappa shape index (κ1) is 14.6. The van der Waals surface area contributed by atoms with Gasteiger partial charge in [-0.1, -0.05) is 36.9 Å². The minimum Gasteiger partial charge on any atom is -0.495 e. The van der Waals surface area contributed by atoms with Gasteiger partial charge >= 0.3 is 0 Å². The van der Waals surface area contributed by atoms with Crippen molar-refractivity contribution in [1.29, 1.82) is 0 Å². The third kappa shape index (κ3) is 3.41. The summed E-state index contributed by atoms with van der Waals surface area (Å²) in [4.78, 5) is 0. The molecular formula is C15H22ClNO2. The highest BCUT2D eigenvalue weighted by molar-refractivity contribution is 6.32. The summed E-state index contributed by atoms with van der Waals surface area (Å²) < 4.78 is 5.19. The Labute approximate surface area is 119 Å². The Kier molecular flexibility index (Phi) is 5.08. The lowest BCUT2D eigenvalue weighted by atomic mass is 9.81. The van der Waals surface area contributed by atoms with Gasteiger partial charge in [-0.2, -0.15) is 0 Å². The normalized spacial score (nSPS) is 20.0. The zero-order chi connectivity index (χ0) is 13.8. The molecule has 19 heavy (non-hydrogen) atoms. The molecule has 2 atom stereocenters. The van der Waals surface area contributed by atoms with E-state index in [1.165, 1.54) is 19.3 Å². The standard InChI is InChI=1S/C15H22ClNO2/c1-19-13-9-11(7-8-12(13)16)14(17)15(18)10-5-3-2-4-6-10/h7-10,14-15,18H,2-6,17H2,1H3/t14-,15+/m1/s1. The van der Waals surface area contributed by atoms with Crippen molar-refractivity contribution in [3.8, 4) is 5.75 Å². The summed E-state index contributed by atoms with van der Waals surface area (Å²) in [6.07, 6.45) is 5.30. The molecule has 1 aliphatic rings. The molecule has 1 aliphatic carbocycles. The molecule has 1 saturated carbocycles. The lowest BCUT2D eigenvalue weighted by Crippen LogP contribution is -2.34.